The minimum Gasteiger partial charge on any atom is -0.349 e. The highest BCUT2D eigenvalue weighted by molar-refractivity contribution is 9.10. The summed E-state index contributed by atoms with van der Waals surface area (Å²) in [7, 11) is 0. The Morgan fingerprint density at radius 2 is 1.79 bits per heavy atom. The molecule has 144 valence electrons. The molecule has 1 fully saturated rings. The number of carbonyl (C=O) groups is 1. The van der Waals surface area contributed by atoms with Crippen LogP contribution in [0.15, 0.2) is 46.9 Å². The minimum absolute atomic E-state index is 0.00230. The Bertz CT molecular complexity index is 1040. The molecule has 1 aliphatic carbocycles. The van der Waals surface area contributed by atoms with E-state index in [2.05, 4.69) is 53.3 Å². The van der Waals surface area contributed by atoms with Gasteiger partial charge in [-0.3, -0.25) is 4.79 Å². The maximum absolute atomic E-state index is 13.2. The number of hydrogen-bond acceptors (Lipinski definition) is 2. The number of benzene rings is 2. The maximum atomic E-state index is 13.2. The predicted octanol–water partition coefficient (Wildman–Crippen LogP) is 6.34. The van der Waals surface area contributed by atoms with E-state index in [1.54, 1.807) is 0 Å². The number of nitrogens with one attached hydrogen (secondary N) is 1. The van der Waals surface area contributed by atoms with Gasteiger partial charge >= 0.3 is 0 Å². The fourth-order valence-electron chi connectivity index (χ4n) is 3.94. The van der Waals surface area contributed by atoms with Crippen LogP contribution in [0.4, 0.5) is 0 Å². The minimum atomic E-state index is 0.00230. The first-order valence-corrected chi connectivity index (χ1v) is 10.8. The molecule has 1 N–H and O–H groups in total. The van der Waals surface area contributed by atoms with Crippen molar-refractivity contribution < 1.29 is 4.79 Å². The lowest BCUT2D eigenvalue weighted by molar-refractivity contribution is 0.0929. The van der Waals surface area contributed by atoms with E-state index in [1.165, 1.54) is 30.4 Å². The lowest BCUT2D eigenvalue weighted by atomic mass is 9.95. The van der Waals surface area contributed by atoms with Crippen LogP contribution in [0.5, 0.6) is 0 Å². The van der Waals surface area contributed by atoms with E-state index < -0.39 is 0 Å². The molecule has 28 heavy (non-hydrogen) atoms. The van der Waals surface area contributed by atoms with Gasteiger partial charge in [0.15, 0.2) is 0 Å². The normalized spacial score (nSPS) is 15.0. The summed E-state index contributed by atoms with van der Waals surface area (Å²) in [5, 5.41) is 4.15. The molecule has 4 rings (SSSR count). The summed E-state index contributed by atoms with van der Waals surface area (Å²) in [5.41, 5.74) is 5.90. The molecular weight excluding hydrogens is 412 g/mol. The number of hydrogen-bond donors (Lipinski definition) is 1. The molecule has 4 heteroatoms. The summed E-state index contributed by atoms with van der Waals surface area (Å²) in [4.78, 5) is 18.0. The van der Waals surface area contributed by atoms with Gasteiger partial charge in [0.25, 0.3) is 5.91 Å². The number of fused-ring (bicyclic) bond motifs is 1. The summed E-state index contributed by atoms with van der Waals surface area (Å²) in [6, 6.07) is 14.5. The smallest absolute Gasteiger partial charge is 0.252 e. The van der Waals surface area contributed by atoms with Gasteiger partial charge in [0, 0.05) is 21.5 Å². The first kappa shape index (κ1) is 19.1. The SMILES string of the molecule is Cc1ccc(-c2cc(C(=O)NC3CCCCC3)c3cc(Br)ccc3n2)cc1C. The van der Waals surface area contributed by atoms with Crippen molar-refractivity contribution in [2.75, 3.05) is 0 Å². The highest BCUT2D eigenvalue weighted by Gasteiger charge is 2.20. The number of rotatable bonds is 3. The van der Waals surface area contributed by atoms with Gasteiger partial charge in [0.2, 0.25) is 0 Å². The standard InChI is InChI=1S/C24H25BrN2O/c1-15-8-9-17(12-16(15)2)23-14-21(20-13-18(25)10-11-22(20)27-23)24(28)26-19-6-4-3-5-7-19/h8-14,19H,3-7H2,1-2H3,(H,26,28). The zero-order chi connectivity index (χ0) is 19.7. The van der Waals surface area contributed by atoms with Gasteiger partial charge < -0.3 is 5.32 Å². The molecule has 1 amide bonds. The van der Waals surface area contributed by atoms with Crippen molar-refractivity contribution in [3.63, 3.8) is 0 Å². The van der Waals surface area contributed by atoms with Crippen molar-refractivity contribution in [1.82, 2.24) is 10.3 Å². The summed E-state index contributed by atoms with van der Waals surface area (Å²) in [6.45, 7) is 4.21. The molecule has 0 bridgehead atoms. The molecule has 1 aromatic heterocycles. The Morgan fingerprint density at radius 3 is 2.54 bits per heavy atom. The Balaban J connectivity index is 1.79. The third kappa shape index (κ3) is 3.97. The molecular formula is C24H25BrN2O. The van der Waals surface area contributed by atoms with Crippen molar-refractivity contribution in [2.24, 2.45) is 0 Å². The summed E-state index contributed by atoms with van der Waals surface area (Å²) < 4.78 is 0.951. The van der Waals surface area contributed by atoms with Crippen LogP contribution < -0.4 is 5.32 Å². The lowest BCUT2D eigenvalue weighted by Gasteiger charge is -2.23. The molecule has 1 aliphatic rings. The second kappa shape index (κ2) is 8.04. The molecule has 0 saturated heterocycles. The van der Waals surface area contributed by atoms with Gasteiger partial charge in [-0.15, -0.1) is 0 Å². The van der Waals surface area contributed by atoms with Crippen LogP contribution >= 0.6 is 15.9 Å². The van der Waals surface area contributed by atoms with Crippen LogP contribution in [0.3, 0.4) is 0 Å². The number of pyridine rings is 1. The molecule has 3 aromatic rings. The van der Waals surface area contributed by atoms with Gasteiger partial charge in [-0.25, -0.2) is 4.98 Å². The van der Waals surface area contributed by atoms with E-state index >= 15 is 0 Å². The fourth-order valence-corrected chi connectivity index (χ4v) is 4.31. The topological polar surface area (TPSA) is 42.0 Å². The molecule has 1 heterocycles. The van der Waals surface area contributed by atoms with E-state index in [-0.39, 0.29) is 11.9 Å². The van der Waals surface area contributed by atoms with Gasteiger partial charge in [-0.1, -0.05) is 47.3 Å². The Labute approximate surface area is 174 Å². The monoisotopic (exact) mass is 436 g/mol. The fraction of sp³-hybridized carbons (Fsp3) is 0.333. The molecule has 0 aliphatic heterocycles. The van der Waals surface area contributed by atoms with Crippen LogP contribution in [-0.2, 0) is 0 Å². The number of aromatic nitrogens is 1. The average Bonchev–Trinajstić information content (AvgIpc) is 2.70. The van der Waals surface area contributed by atoms with E-state index in [1.807, 2.05) is 24.3 Å². The van der Waals surface area contributed by atoms with Crippen LogP contribution in [0.1, 0.15) is 53.6 Å². The number of halogens is 1. The van der Waals surface area contributed by atoms with Gasteiger partial charge in [-0.05, 0) is 68.1 Å². The van der Waals surface area contributed by atoms with Crippen molar-refractivity contribution in [1.29, 1.82) is 0 Å². The first-order chi connectivity index (χ1) is 13.5. The summed E-state index contributed by atoms with van der Waals surface area (Å²) in [6.07, 6.45) is 5.81. The van der Waals surface area contributed by atoms with Crippen molar-refractivity contribution in [3.05, 3.63) is 63.6 Å². The third-order valence-electron chi connectivity index (χ3n) is 5.76. The molecule has 0 unspecified atom stereocenters. The third-order valence-corrected chi connectivity index (χ3v) is 6.25. The van der Waals surface area contributed by atoms with Gasteiger partial charge in [0.05, 0.1) is 16.8 Å². The number of carbonyl (C=O) groups excluding carboxylic acids is 1. The number of nitrogens with zero attached hydrogens (tertiary/aromatic N) is 1. The number of amides is 1. The van der Waals surface area contributed by atoms with Crippen LogP contribution in [-0.4, -0.2) is 16.9 Å². The Morgan fingerprint density at radius 1 is 1.00 bits per heavy atom. The van der Waals surface area contributed by atoms with E-state index in [0.717, 1.165) is 39.5 Å². The Hall–Kier alpha value is -2.20. The highest BCUT2D eigenvalue weighted by atomic mass is 79.9. The first-order valence-electron chi connectivity index (χ1n) is 10.00. The number of aryl methyl sites for hydroxylation is 2. The molecule has 0 atom stereocenters. The average molecular weight is 437 g/mol. The Kier molecular flexibility index (Phi) is 5.49. The second-order valence-corrected chi connectivity index (χ2v) is 8.74. The van der Waals surface area contributed by atoms with Crippen LogP contribution in [0, 0.1) is 13.8 Å². The van der Waals surface area contributed by atoms with Crippen LogP contribution in [0.2, 0.25) is 0 Å². The second-order valence-electron chi connectivity index (χ2n) is 7.82. The van der Waals surface area contributed by atoms with E-state index in [0.29, 0.717) is 5.56 Å². The summed E-state index contributed by atoms with van der Waals surface area (Å²) in [5.74, 6) is 0.00230. The van der Waals surface area contributed by atoms with Crippen molar-refractivity contribution in [3.8, 4) is 11.3 Å². The van der Waals surface area contributed by atoms with Gasteiger partial charge in [-0.2, -0.15) is 0 Å². The molecule has 0 spiro atoms. The maximum Gasteiger partial charge on any atom is 0.252 e. The summed E-state index contributed by atoms with van der Waals surface area (Å²) >= 11 is 3.54. The zero-order valence-electron chi connectivity index (χ0n) is 16.4. The predicted molar refractivity (Wildman–Crippen MR) is 119 cm³/mol. The largest absolute Gasteiger partial charge is 0.349 e. The van der Waals surface area contributed by atoms with E-state index in [4.69, 9.17) is 4.98 Å². The van der Waals surface area contributed by atoms with Crippen LogP contribution in [0.25, 0.3) is 22.2 Å². The van der Waals surface area contributed by atoms with Crippen molar-refractivity contribution >= 4 is 32.7 Å². The van der Waals surface area contributed by atoms with E-state index in [9.17, 15) is 4.79 Å². The molecule has 0 radical (unpaired) electrons. The van der Waals surface area contributed by atoms with Crippen molar-refractivity contribution in [2.45, 2.75) is 52.0 Å². The molecule has 3 nitrogen and oxygen atoms in total. The van der Waals surface area contributed by atoms with Gasteiger partial charge in [0.1, 0.15) is 0 Å². The lowest BCUT2D eigenvalue weighted by Crippen LogP contribution is -2.36. The molecule has 1 saturated carbocycles. The molecule has 2 aromatic carbocycles. The zero-order valence-corrected chi connectivity index (χ0v) is 18.0. The highest BCUT2D eigenvalue weighted by Crippen LogP contribution is 2.29. The quantitative estimate of drug-likeness (QED) is 0.519.